The molecule has 0 aliphatic carbocycles. The molecule has 6 rings (SSSR count). The van der Waals surface area contributed by atoms with Crippen molar-refractivity contribution in [3.05, 3.63) is 40.8 Å². The molecule has 0 bridgehead atoms. The zero-order chi connectivity index (χ0) is 33.1. The number of ether oxygens (including phenoxy) is 2. The molecule has 4 aromatic rings. The van der Waals surface area contributed by atoms with E-state index in [9.17, 15) is 13.9 Å². The van der Waals surface area contributed by atoms with Gasteiger partial charge < -0.3 is 29.0 Å². The summed E-state index contributed by atoms with van der Waals surface area (Å²) >= 11 is 0. The van der Waals surface area contributed by atoms with Crippen molar-refractivity contribution in [1.29, 1.82) is 0 Å². The normalized spacial score (nSPS) is 20.2. The largest absolute Gasteiger partial charge is 0.462 e. The third-order valence-electron chi connectivity index (χ3n) is 7.24. The van der Waals surface area contributed by atoms with Gasteiger partial charge in [0.25, 0.3) is 12.4 Å². The molecule has 2 N–H and O–H groups in total. The Morgan fingerprint density at radius 3 is 2.44 bits per heavy atom. The van der Waals surface area contributed by atoms with Gasteiger partial charge in [-0.25, -0.2) is 18.7 Å². The van der Waals surface area contributed by atoms with Gasteiger partial charge in [0.1, 0.15) is 23.3 Å². The van der Waals surface area contributed by atoms with E-state index in [1.807, 2.05) is 75.3 Å². The van der Waals surface area contributed by atoms with Crippen molar-refractivity contribution in [2.24, 2.45) is 0 Å². The Morgan fingerprint density at radius 2 is 1.80 bits per heavy atom. The highest BCUT2D eigenvalue weighted by molar-refractivity contribution is 6.05. The van der Waals surface area contributed by atoms with Gasteiger partial charge in [-0.05, 0) is 32.4 Å². The molecule has 0 amide bonds. The minimum Gasteiger partial charge on any atom is -0.462 e. The van der Waals surface area contributed by atoms with E-state index in [2.05, 4.69) is 16.4 Å². The second kappa shape index (κ2) is 16.7. The summed E-state index contributed by atoms with van der Waals surface area (Å²) in [7, 11) is 0. The molecule has 0 radical (unpaired) electrons. The van der Waals surface area contributed by atoms with E-state index in [0.29, 0.717) is 66.4 Å². The number of alkyl halides is 2. The summed E-state index contributed by atoms with van der Waals surface area (Å²) in [5, 5.41) is 20.1. The fourth-order valence-corrected chi connectivity index (χ4v) is 5.43. The average Bonchev–Trinajstić information content (AvgIpc) is 3.78. The molecule has 5 heterocycles. The van der Waals surface area contributed by atoms with Gasteiger partial charge >= 0.3 is 0 Å². The van der Waals surface area contributed by atoms with Crippen LogP contribution in [0.5, 0.6) is 6.01 Å². The highest BCUT2D eigenvalue weighted by atomic mass is 19.3. The molecule has 2 fully saturated rings. The summed E-state index contributed by atoms with van der Waals surface area (Å²) in [6.45, 7) is 13.6. The first-order chi connectivity index (χ1) is 21.9. The molecular weight excluding hydrogens is 584 g/mol. The Kier molecular flexibility index (Phi) is 13.1. The average molecular weight is 628 g/mol. The highest BCUT2D eigenvalue weighted by Crippen LogP contribution is 2.36. The monoisotopic (exact) mass is 627 g/mol. The minimum atomic E-state index is -2.81. The number of hydrogen-bond donors (Lipinski definition) is 2. The van der Waals surface area contributed by atoms with Crippen LogP contribution in [-0.2, 0) is 4.74 Å². The van der Waals surface area contributed by atoms with Crippen LogP contribution in [0.25, 0.3) is 34.2 Å². The zero-order valence-electron chi connectivity index (χ0n) is 26.7. The van der Waals surface area contributed by atoms with E-state index in [4.69, 9.17) is 24.0 Å². The first kappa shape index (κ1) is 35.3. The van der Waals surface area contributed by atoms with E-state index in [0.717, 1.165) is 10.7 Å². The molecule has 1 unspecified atom stereocenters. The Hall–Kier alpha value is -4.21. The number of aliphatic hydroxyl groups is 2. The molecule has 3 aromatic heterocycles. The molecule has 12 heteroatoms. The lowest BCUT2D eigenvalue weighted by Gasteiger charge is -2.30. The Balaban J connectivity index is 0.000000733. The molecule has 1 aromatic carbocycles. The summed E-state index contributed by atoms with van der Waals surface area (Å²) in [6.07, 6.45) is 6.78. The maximum absolute atomic E-state index is 13.7. The van der Waals surface area contributed by atoms with E-state index >= 15 is 0 Å². The third-order valence-corrected chi connectivity index (χ3v) is 7.24. The van der Waals surface area contributed by atoms with Crippen LogP contribution < -0.4 is 20.3 Å². The quantitative estimate of drug-likeness (QED) is 0.292. The van der Waals surface area contributed by atoms with E-state index < -0.39 is 18.4 Å². The van der Waals surface area contributed by atoms with Crippen LogP contribution in [0.1, 0.15) is 72.7 Å². The van der Waals surface area contributed by atoms with Gasteiger partial charge in [0.05, 0.1) is 36.0 Å². The fourth-order valence-electron chi connectivity index (χ4n) is 5.43. The first-order valence-corrected chi connectivity index (χ1v) is 15.3. The number of aliphatic hydroxyl groups excluding tert-OH is 2. The van der Waals surface area contributed by atoms with Crippen molar-refractivity contribution in [2.75, 3.05) is 31.2 Å². The van der Waals surface area contributed by atoms with Crippen molar-refractivity contribution in [3.63, 3.8) is 0 Å². The van der Waals surface area contributed by atoms with Crippen LogP contribution in [0.3, 0.4) is 0 Å². The lowest BCUT2D eigenvalue weighted by molar-refractivity contribution is -0.0417. The molecule has 10 nitrogen and oxygen atoms in total. The lowest BCUT2D eigenvalue weighted by Crippen LogP contribution is -2.41. The van der Waals surface area contributed by atoms with Gasteiger partial charge in [-0.3, -0.25) is 4.57 Å². The molecule has 244 valence electrons. The smallest absolute Gasteiger partial charge is 0.298 e. The van der Waals surface area contributed by atoms with E-state index in [1.165, 1.54) is 6.11 Å². The summed E-state index contributed by atoms with van der Waals surface area (Å²) in [4.78, 5) is 14.9. The molecule has 0 spiro atoms. The summed E-state index contributed by atoms with van der Waals surface area (Å²) in [6, 6.07) is 7.44. The number of fused-ring (bicyclic) bond motifs is 3. The molecule has 2 aliphatic rings. The topological polar surface area (TPSA) is 119 Å². The van der Waals surface area contributed by atoms with Gasteiger partial charge in [-0.15, -0.1) is 0 Å². The van der Waals surface area contributed by atoms with Crippen molar-refractivity contribution < 1.29 is 32.9 Å². The predicted molar refractivity (Wildman–Crippen MR) is 171 cm³/mol. The molecule has 2 saturated heterocycles. The summed E-state index contributed by atoms with van der Waals surface area (Å²) in [5.41, 5.74) is 1.33. The molecule has 45 heavy (non-hydrogen) atoms. The van der Waals surface area contributed by atoms with Crippen LogP contribution in [0.4, 0.5) is 14.6 Å². The van der Waals surface area contributed by atoms with Crippen LogP contribution in [0.15, 0.2) is 28.7 Å². The molecule has 2 aliphatic heterocycles. The summed E-state index contributed by atoms with van der Waals surface area (Å²) < 4.78 is 47.3. The van der Waals surface area contributed by atoms with Crippen LogP contribution in [-0.4, -0.2) is 68.2 Å². The number of para-hydroxylation sites is 1. The van der Waals surface area contributed by atoms with Crippen LogP contribution >= 0.6 is 0 Å². The molecule has 3 atom stereocenters. The first-order valence-electron chi connectivity index (χ1n) is 15.3. The van der Waals surface area contributed by atoms with Crippen molar-refractivity contribution in [1.82, 2.24) is 19.5 Å². The highest BCUT2D eigenvalue weighted by Gasteiger charge is 2.33. The number of anilines is 1. The second-order valence-corrected chi connectivity index (χ2v) is 9.70. The number of aromatic nitrogens is 4. The number of imidazole rings is 1. The Labute approximate surface area is 262 Å². The number of rotatable bonds is 5. The van der Waals surface area contributed by atoms with Crippen LogP contribution in [0, 0.1) is 12.5 Å². The minimum absolute atomic E-state index is 0.228. The second-order valence-electron chi connectivity index (χ2n) is 9.70. The number of benzene rings is 1. The van der Waals surface area contributed by atoms with Gasteiger partial charge in [0, 0.05) is 25.0 Å². The number of terminal acetylenes is 1. The lowest BCUT2D eigenvalue weighted by atomic mass is 10.1. The zero-order valence-corrected chi connectivity index (χ0v) is 26.7. The Bertz CT molecular complexity index is 1700. The van der Waals surface area contributed by atoms with Crippen LogP contribution in [0.2, 0.25) is 0 Å². The maximum Gasteiger partial charge on any atom is 0.298 e. The van der Waals surface area contributed by atoms with Gasteiger partial charge in [-0.2, -0.15) is 4.98 Å². The molecule has 0 saturated carbocycles. The number of furan rings is 1. The van der Waals surface area contributed by atoms with Crippen molar-refractivity contribution in [2.45, 2.75) is 79.1 Å². The predicted octanol–water partition coefficient (Wildman–Crippen LogP) is 5.09. The number of hydrogen-bond acceptors (Lipinski definition) is 9. The fraction of sp³-hybridized carbons (Fsp3) is 0.485. The van der Waals surface area contributed by atoms with Gasteiger partial charge in [0.2, 0.25) is 0 Å². The third kappa shape index (κ3) is 7.54. The molecular formula is C33H43F2N5O5. The SMILES string of the molecule is C#CO.C/C=c1/nc(O[C@H]2CCN(c3nc(C(F)F)nc4c3oc3ccccc34)C2)n([C@@H]2CCOCC2O)/c1=C/C.CC.CC. The van der Waals surface area contributed by atoms with E-state index in [1.54, 1.807) is 12.1 Å². The number of halogens is 2. The van der Waals surface area contributed by atoms with E-state index in [-0.39, 0.29) is 18.8 Å². The maximum atomic E-state index is 13.7. The Morgan fingerprint density at radius 1 is 1.09 bits per heavy atom. The standard InChI is InChI=1S/C27H29F2N5O4.C2H2O.2C2H6/c1-3-17-18(4-2)34(19-10-12-36-14-20(19)35)27(30-17)37-15-9-11-33(13-15)26-23-22(31-25(32-26)24(28)29)16-7-5-6-8-21(16)38-23;1-2-3;2*1-2/h3-8,15,19-20,24,35H,9-14H2,1-2H3;1,3H;2*1-2H3/b17-3+,18-4+;;;/t15-,19+,20?;;;/m0.../s1. The van der Waals surface area contributed by atoms with Gasteiger partial charge in [-0.1, -0.05) is 58.4 Å². The van der Waals surface area contributed by atoms with Crippen molar-refractivity contribution in [3.8, 4) is 18.5 Å². The number of nitrogens with zero attached hydrogens (tertiary/aromatic N) is 5. The van der Waals surface area contributed by atoms with Crippen molar-refractivity contribution >= 4 is 40.0 Å². The summed E-state index contributed by atoms with van der Waals surface area (Å²) in [5.74, 6) is -0.195. The van der Waals surface area contributed by atoms with Gasteiger partial charge in [0.15, 0.2) is 17.2 Å².